The molecule has 1 heterocycles. The van der Waals surface area contributed by atoms with Crippen LogP contribution in [0.2, 0.25) is 0 Å². The maximum atomic E-state index is 9.54. The Bertz CT molecular complexity index is 361. The molecule has 0 spiro atoms. The van der Waals surface area contributed by atoms with E-state index >= 15 is 0 Å². The lowest BCUT2D eigenvalue weighted by molar-refractivity contribution is 0.0955. The van der Waals surface area contributed by atoms with Crippen molar-refractivity contribution in [3.8, 4) is 0 Å². The highest BCUT2D eigenvalue weighted by Gasteiger charge is 2.18. The van der Waals surface area contributed by atoms with Gasteiger partial charge in [0.25, 0.3) is 0 Å². The van der Waals surface area contributed by atoms with Crippen molar-refractivity contribution in [1.82, 2.24) is 10.2 Å². The molecule has 0 aromatic heterocycles. The summed E-state index contributed by atoms with van der Waals surface area (Å²) >= 11 is 0. The third kappa shape index (κ3) is 3.09. The van der Waals surface area contributed by atoms with Crippen molar-refractivity contribution in [2.24, 2.45) is 0 Å². The highest BCUT2D eigenvalue weighted by Crippen LogP contribution is 2.22. The van der Waals surface area contributed by atoms with E-state index in [1.165, 1.54) is 5.56 Å². The third-order valence-corrected chi connectivity index (χ3v) is 3.68. The van der Waals surface area contributed by atoms with Crippen molar-refractivity contribution in [3.05, 3.63) is 35.4 Å². The summed E-state index contributed by atoms with van der Waals surface area (Å²) in [5.74, 6) is 0. The summed E-state index contributed by atoms with van der Waals surface area (Å²) in [4.78, 5) is 2.45. The van der Waals surface area contributed by atoms with Crippen LogP contribution >= 0.6 is 0 Å². The summed E-state index contributed by atoms with van der Waals surface area (Å²) in [5.41, 5.74) is 2.03. The minimum absolute atomic E-state index is 0.229. The Kier molecular flexibility index (Phi) is 4.72. The molecule has 1 saturated heterocycles. The Balaban J connectivity index is 2.03. The van der Waals surface area contributed by atoms with Crippen LogP contribution in [0.25, 0.3) is 0 Å². The van der Waals surface area contributed by atoms with E-state index in [2.05, 4.69) is 17.1 Å². The van der Waals surface area contributed by atoms with Crippen LogP contribution in [0.1, 0.15) is 30.2 Å². The fourth-order valence-corrected chi connectivity index (χ4v) is 2.38. The number of nitrogens with zero attached hydrogens (tertiary/aromatic N) is 1. The molecule has 0 saturated carbocycles. The molecule has 1 fully saturated rings. The second-order valence-corrected chi connectivity index (χ2v) is 4.83. The molecule has 1 aromatic rings. The molecule has 3 N–H and O–H groups in total. The van der Waals surface area contributed by atoms with E-state index in [-0.39, 0.29) is 6.61 Å². The Morgan fingerprint density at radius 1 is 1.17 bits per heavy atom. The summed E-state index contributed by atoms with van der Waals surface area (Å²) in [6, 6.07) is 8.28. The average Bonchev–Trinajstić information content (AvgIpc) is 2.47. The fourth-order valence-electron chi connectivity index (χ4n) is 2.38. The van der Waals surface area contributed by atoms with E-state index in [1.54, 1.807) is 0 Å². The fraction of sp³-hybridized carbons (Fsp3) is 0.571. The van der Waals surface area contributed by atoms with Crippen LogP contribution in [-0.4, -0.2) is 47.9 Å². The van der Waals surface area contributed by atoms with Gasteiger partial charge in [-0.2, -0.15) is 0 Å². The van der Waals surface area contributed by atoms with Gasteiger partial charge in [0.05, 0.1) is 6.61 Å². The minimum atomic E-state index is -0.770. The molecule has 2 unspecified atom stereocenters. The van der Waals surface area contributed by atoms with Crippen molar-refractivity contribution in [1.29, 1.82) is 0 Å². The lowest BCUT2D eigenvalue weighted by atomic mass is 10.0. The smallest absolute Gasteiger partial charge is 0.102 e. The van der Waals surface area contributed by atoms with Gasteiger partial charge in [0.15, 0.2) is 0 Å². The molecule has 0 amide bonds. The highest BCUT2D eigenvalue weighted by molar-refractivity contribution is 5.26. The zero-order valence-electron chi connectivity index (χ0n) is 10.8. The molecular formula is C14H22N2O2. The van der Waals surface area contributed by atoms with Gasteiger partial charge in [-0.05, 0) is 18.1 Å². The SMILES string of the molecule is CC(c1ccc(C(O)CO)cc1)N1CCNCC1. The molecule has 0 radical (unpaired) electrons. The first-order valence-electron chi connectivity index (χ1n) is 6.56. The molecule has 2 rings (SSSR count). The second-order valence-electron chi connectivity index (χ2n) is 4.83. The van der Waals surface area contributed by atoms with E-state index in [1.807, 2.05) is 24.3 Å². The summed E-state index contributed by atoms with van der Waals surface area (Å²) in [6.07, 6.45) is -0.770. The Hall–Kier alpha value is -0.940. The van der Waals surface area contributed by atoms with E-state index in [0.29, 0.717) is 6.04 Å². The molecule has 1 aromatic carbocycles. The van der Waals surface area contributed by atoms with Gasteiger partial charge >= 0.3 is 0 Å². The van der Waals surface area contributed by atoms with E-state index < -0.39 is 6.10 Å². The van der Waals surface area contributed by atoms with Crippen molar-refractivity contribution < 1.29 is 10.2 Å². The molecule has 4 heteroatoms. The molecule has 1 aliphatic rings. The Morgan fingerprint density at radius 2 is 1.72 bits per heavy atom. The molecule has 0 bridgehead atoms. The van der Waals surface area contributed by atoms with Crippen LogP contribution in [0.5, 0.6) is 0 Å². The van der Waals surface area contributed by atoms with E-state index in [0.717, 1.165) is 31.7 Å². The highest BCUT2D eigenvalue weighted by atomic mass is 16.3. The topological polar surface area (TPSA) is 55.7 Å². The van der Waals surface area contributed by atoms with Crippen LogP contribution in [0.15, 0.2) is 24.3 Å². The third-order valence-electron chi connectivity index (χ3n) is 3.68. The van der Waals surface area contributed by atoms with Crippen LogP contribution in [0, 0.1) is 0 Å². The molecule has 18 heavy (non-hydrogen) atoms. The van der Waals surface area contributed by atoms with Crippen LogP contribution in [0.3, 0.4) is 0 Å². The number of benzene rings is 1. The first kappa shape index (κ1) is 13.5. The lowest BCUT2D eigenvalue weighted by Crippen LogP contribution is -2.44. The van der Waals surface area contributed by atoms with E-state index in [9.17, 15) is 5.11 Å². The lowest BCUT2D eigenvalue weighted by Gasteiger charge is -2.33. The van der Waals surface area contributed by atoms with Crippen LogP contribution in [-0.2, 0) is 0 Å². The van der Waals surface area contributed by atoms with Crippen molar-refractivity contribution >= 4 is 0 Å². The van der Waals surface area contributed by atoms with Gasteiger partial charge < -0.3 is 15.5 Å². The molecule has 2 atom stereocenters. The first-order chi connectivity index (χ1) is 8.72. The predicted molar refractivity (Wildman–Crippen MR) is 71.3 cm³/mol. The Labute approximate surface area is 108 Å². The number of hydrogen-bond acceptors (Lipinski definition) is 4. The molecular weight excluding hydrogens is 228 g/mol. The second kappa shape index (κ2) is 6.29. The van der Waals surface area contributed by atoms with Gasteiger partial charge in [-0.3, -0.25) is 4.90 Å². The molecule has 0 aliphatic carbocycles. The van der Waals surface area contributed by atoms with Gasteiger partial charge in [-0.25, -0.2) is 0 Å². The number of rotatable bonds is 4. The largest absolute Gasteiger partial charge is 0.393 e. The first-order valence-corrected chi connectivity index (χ1v) is 6.56. The van der Waals surface area contributed by atoms with Gasteiger partial charge in [-0.1, -0.05) is 24.3 Å². The molecule has 1 aliphatic heterocycles. The predicted octanol–water partition coefficient (Wildman–Crippen LogP) is 0.678. The zero-order valence-corrected chi connectivity index (χ0v) is 10.8. The van der Waals surface area contributed by atoms with Crippen LogP contribution < -0.4 is 5.32 Å². The quantitative estimate of drug-likeness (QED) is 0.735. The van der Waals surface area contributed by atoms with Gasteiger partial charge in [-0.15, -0.1) is 0 Å². The van der Waals surface area contributed by atoms with Crippen molar-refractivity contribution in [2.75, 3.05) is 32.8 Å². The Morgan fingerprint density at radius 3 is 2.28 bits per heavy atom. The number of piperazine rings is 1. The normalized spacial score (nSPS) is 20.6. The number of nitrogens with one attached hydrogen (secondary N) is 1. The van der Waals surface area contributed by atoms with Gasteiger partial charge in [0.2, 0.25) is 0 Å². The number of aliphatic hydroxyl groups excluding tert-OH is 2. The number of hydrogen-bond donors (Lipinski definition) is 3. The zero-order chi connectivity index (χ0) is 13.0. The van der Waals surface area contributed by atoms with Crippen molar-refractivity contribution in [3.63, 3.8) is 0 Å². The standard InChI is InChI=1S/C14H22N2O2/c1-11(16-8-6-15-7-9-16)12-2-4-13(5-3-12)14(18)10-17/h2-5,11,14-15,17-18H,6-10H2,1H3. The minimum Gasteiger partial charge on any atom is -0.393 e. The summed E-state index contributed by atoms with van der Waals surface area (Å²) in [6.45, 7) is 6.22. The van der Waals surface area contributed by atoms with Crippen molar-refractivity contribution in [2.45, 2.75) is 19.1 Å². The van der Waals surface area contributed by atoms with Crippen LogP contribution in [0.4, 0.5) is 0 Å². The summed E-state index contributed by atoms with van der Waals surface area (Å²) in [7, 11) is 0. The monoisotopic (exact) mass is 250 g/mol. The number of aliphatic hydroxyl groups is 2. The maximum Gasteiger partial charge on any atom is 0.102 e. The van der Waals surface area contributed by atoms with E-state index in [4.69, 9.17) is 5.11 Å². The van der Waals surface area contributed by atoms with Gasteiger partial charge in [0.1, 0.15) is 6.10 Å². The van der Waals surface area contributed by atoms with Gasteiger partial charge in [0, 0.05) is 32.2 Å². The molecule has 4 nitrogen and oxygen atoms in total. The summed E-state index contributed by atoms with van der Waals surface area (Å²) in [5, 5.41) is 21.8. The molecule has 100 valence electrons. The average molecular weight is 250 g/mol. The summed E-state index contributed by atoms with van der Waals surface area (Å²) < 4.78 is 0. The maximum absolute atomic E-state index is 9.54.